The summed E-state index contributed by atoms with van der Waals surface area (Å²) < 4.78 is 0. The zero-order valence-electron chi connectivity index (χ0n) is 8.31. The van der Waals surface area contributed by atoms with Gasteiger partial charge in [0.05, 0.1) is 5.57 Å². The van der Waals surface area contributed by atoms with Crippen molar-refractivity contribution in [2.45, 2.75) is 0 Å². The molecule has 1 amide bonds. The van der Waals surface area contributed by atoms with Crippen LogP contribution in [-0.4, -0.2) is 10.9 Å². The first-order valence-corrected chi connectivity index (χ1v) is 5.74. The van der Waals surface area contributed by atoms with Crippen molar-refractivity contribution in [3.63, 3.8) is 0 Å². The zero-order valence-corrected chi connectivity index (χ0v) is 9.12. The fourth-order valence-electron chi connectivity index (χ4n) is 1.71. The lowest BCUT2D eigenvalue weighted by molar-refractivity contribution is -0.110. The van der Waals surface area contributed by atoms with E-state index in [1.54, 1.807) is 6.20 Å². The summed E-state index contributed by atoms with van der Waals surface area (Å²) in [6, 6.07) is 7.67. The second-order valence-corrected chi connectivity index (χ2v) is 4.35. The number of amides is 1. The SMILES string of the molecule is O=C1Nc2ccccc2C1=Cc1nccs1. The summed E-state index contributed by atoms with van der Waals surface area (Å²) in [4.78, 5) is 15.9. The molecule has 0 unspecified atom stereocenters. The van der Waals surface area contributed by atoms with Crippen molar-refractivity contribution in [3.05, 3.63) is 46.4 Å². The van der Waals surface area contributed by atoms with Gasteiger partial charge in [-0.15, -0.1) is 11.3 Å². The van der Waals surface area contributed by atoms with Crippen LogP contribution >= 0.6 is 11.3 Å². The molecule has 1 N–H and O–H groups in total. The predicted octanol–water partition coefficient (Wildman–Crippen LogP) is 2.64. The first-order chi connectivity index (χ1) is 7.84. The van der Waals surface area contributed by atoms with Crippen molar-refractivity contribution >= 4 is 34.6 Å². The normalized spacial score (nSPS) is 16.2. The fourth-order valence-corrected chi connectivity index (χ4v) is 2.28. The van der Waals surface area contributed by atoms with Crippen molar-refractivity contribution < 1.29 is 4.79 Å². The fraction of sp³-hybridized carbons (Fsp3) is 0. The summed E-state index contributed by atoms with van der Waals surface area (Å²) in [5.41, 5.74) is 2.50. The van der Waals surface area contributed by atoms with E-state index in [9.17, 15) is 4.79 Å². The minimum absolute atomic E-state index is 0.0589. The van der Waals surface area contributed by atoms with Gasteiger partial charge >= 0.3 is 0 Å². The summed E-state index contributed by atoms with van der Waals surface area (Å²) >= 11 is 1.52. The molecule has 0 atom stereocenters. The molecule has 2 aromatic rings. The third kappa shape index (κ3) is 1.44. The van der Waals surface area contributed by atoms with Crippen molar-refractivity contribution in [1.82, 2.24) is 4.98 Å². The van der Waals surface area contributed by atoms with E-state index < -0.39 is 0 Å². The number of nitrogens with zero attached hydrogens (tertiary/aromatic N) is 1. The van der Waals surface area contributed by atoms with Gasteiger partial charge in [0.1, 0.15) is 5.01 Å². The van der Waals surface area contributed by atoms with E-state index in [4.69, 9.17) is 0 Å². The molecule has 78 valence electrons. The van der Waals surface area contributed by atoms with Crippen molar-refractivity contribution in [3.8, 4) is 0 Å². The lowest BCUT2D eigenvalue weighted by atomic mass is 10.1. The van der Waals surface area contributed by atoms with Crippen LogP contribution in [0.2, 0.25) is 0 Å². The van der Waals surface area contributed by atoms with Gasteiger partial charge in [0.25, 0.3) is 5.91 Å². The smallest absolute Gasteiger partial charge is 0.256 e. The number of rotatable bonds is 1. The monoisotopic (exact) mass is 228 g/mol. The first kappa shape index (κ1) is 9.30. The topological polar surface area (TPSA) is 42.0 Å². The summed E-state index contributed by atoms with van der Waals surface area (Å²) in [5.74, 6) is -0.0589. The van der Waals surface area contributed by atoms with Gasteiger partial charge in [-0.3, -0.25) is 4.79 Å². The maximum Gasteiger partial charge on any atom is 0.256 e. The second kappa shape index (κ2) is 3.57. The average Bonchev–Trinajstić information content (AvgIpc) is 2.89. The molecule has 4 heteroatoms. The highest BCUT2D eigenvalue weighted by Crippen LogP contribution is 2.32. The van der Waals surface area contributed by atoms with Gasteiger partial charge in [0, 0.05) is 22.8 Å². The van der Waals surface area contributed by atoms with Crippen molar-refractivity contribution in [2.75, 3.05) is 5.32 Å². The van der Waals surface area contributed by atoms with Crippen LogP contribution in [0.25, 0.3) is 11.6 Å². The third-order valence-corrected chi connectivity index (χ3v) is 3.15. The molecule has 3 nitrogen and oxygen atoms in total. The first-order valence-electron chi connectivity index (χ1n) is 4.86. The quantitative estimate of drug-likeness (QED) is 0.762. The Morgan fingerprint density at radius 2 is 2.19 bits per heavy atom. The van der Waals surface area contributed by atoms with Crippen LogP contribution in [0.5, 0.6) is 0 Å². The van der Waals surface area contributed by atoms with Crippen molar-refractivity contribution in [2.24, 2.45) is 0 Å². The Hall–Kier alpha value is -1.94. The van der Waals surface area contributed by atoms with E-state index in [1.807, 2.05) is 35.7 Å². The third-order valence-electron chi connectivity index (χ3n) is 2.43. The summed E-state index contributed by atoms with van der Waals surface area (Å²) in [5, 5.41) is 5.57. The highest BCUT2D eigenvalue weighted by molar-refractivity contribution is 7.10. The Labute approximate surface area is 96.5 Å². The molecule has 0 spiro atoms. The molecule has 3 rings (SSSR count). The number of aromatic nitrogens is 1. The number of hydrogen-bond donors (Lipinski definition) is 1. The molecule has 0 radical (unpaired) electrons. The number of anilines is 1. The minimum atomic E-state index is -0.0589. The van der Waals surface area contributed by atoms with Crippen LogP contribution in [0.3, 0.4) is 0 Å². The van der Waals surface area contributed by atoms with Crippen LogP contribution in [0.15, 0.2) is 35.8 Å². The summed E-state index contributed by atoms with van der Waals surface area (Å²) in [6.45, 7) is 0. The number of thiazole rings is 1. The number of para-hydroxylation sites is 1. The maximum atomic E-state index is 11.8. The molecule has 1 aromatic carbocycles. The Morgan fingerprint density at radius 3 is 3.00 bits per heavy atom. The van der Waals surface area contributed by atoms with Gasteiger partial charge in [-0.1, -0.05) is 18.2 Å². The van der Waals surface area contributed by atoms with Gasteiger partial charge in [-0.05, 0) is 12.1 Å². The van der Waals surface area contributed by atoms with E-state index in [-0.39, 0.29) is 5.91 Å². The van der Waals surface area contributed by atoms with Gasteiger partial charge in [-0.2, -0.15) is 0 Å². The summed E-state index contributed by atoms with van der Waals surface area (Å²) in [6.07, 6.45) is 3.56. The van der Waals surface area contributed by atoms with Crippen LogP contribution in [-0.2, 0) is 4.79 Å². The van der Waals surface area contributed by atoms with Gasteiger partial charge < -0.3 is 5.32 Å². The van der Waals surface area contributed by atoms with Crippen LogP contribution in [0, 0.1) is 0 Å². The Kier molecular flexibility index (Phi) is 2.08. The molecule has 1 aliphatic heterocycles. The molecule has 0 saturated heterocycles. The van der Waals surface area contributed by atoms with Crippen LogP contribution < -0.4 is 5.32 Å². The van der Waals surface area contributed by atoms with Gasteiger partial charge in [-0.25, -0.2) is 4.98 Å². The Morgan fingerprint density at radius 1 is 1.31 bits per heavy atom. The van der Waals surface area contributed by atoms with Crippen LogP contribution in [0.4, 0.5) is 5.69 Å². The lowest BCUT2D eigenvalue weighted by Crippen LogP contribution is -2.03. The van der Waals surface area contributed by atoms with Crippen LogP contribution in [0.1, 0.15) is 10.6 Å². The molecule has 0 fully saturated rings. The molecule has 1 aliphatic rings. The highest BCUT2D eigenvalue weighted by atomic mass is 32.1. The number of benzene rings is 1. The minimum Gasteiger partial charge on any atom is -0.321 e. The zero-order chi connectivity index (χ0) is 11.0. The van der Waals surface area contributed by atoms with Crippen molar-refractivity contribution in [1.29, 1.82) is 0 Å². The largest absolute Gasteiger partial charge is 0.321 e. The van der Waals surface area contributed by atoms with E-state index in [2.05, 4.69) is 10.3 Å². The molecule has 16 heavy (non-hydrogen) atoms. The molecule has 0 saturated carbocycles. The standard InChI is InChI=1S/C12H8N2OS/c15-12-9(7-11-13-5-6-16-11)8-3-1-2-4-10(8)14-12/h1-7H,(H,14,15). The number of hydrogen-bond acceptors (Lipinski definition) is 3. The molecule has 1 aromatic heterocycles. The summed E-state index contributed by atoms with van der Waals surface area (Å²) in [7, 11) is 0. The maximum absolute atomic E-state index is 11.8. The molecule has 0 bridgehead atoms. The second-order valence-electron chi connectivity index (χ2n) is 3.43. The van der Waals surface area contributed by atoms with E-state index in [0.717, 1.165) is 16.3 Å². The van der Waals surface area contributed by atoms with E-state index in [0.29, 0.717) is 5.57 Å². The number of nitrogens with one attached hydrogen (secondary N) is 1. The number of fused-ring (bicyclic) bond motifs is 1. The molecular formula is C12H8N2OS. The number of carbonyl (C=O) groups excluding carboxylic acids is 1. The van der Waals surface area contributed by atoms with E-state index in [1.165, 1.54) is 11.3 Å². The predicted molar refractivity (Wildman–Crippen MR) is 65.1 cm³/mol. The highest BCUT2D eigenvalue weighted by Gasteiger charge is 2.23. The Balaban J connectivity index is 2.12. The Bertz CT molecular complexity index is 572. The van der Waals surface area contributed by atoms with Gasteiger partial charge in [0.15, 0.2) is 0 Å². The van der Waals surface area contributed by atoms with E-state index >= 15 is 0 Å². The molecular weight excluding hydrogens is 220 g/mol. The van der Waals surface area contributed by atoms with Gasteiger partial charge in [0.2, 0.25) is 0 Å². The molecule has 0 aliphatic carbocycles. The number of carbonyl (C=O) groups is 1. The average molecular weight is 228 g/mol. The lowest BCUT2D eigenvalue weighted by Gasteiger charge is -1.95. The molecule has 2 heterocycles.